The fourth-order valence-electron chi connectivity index (χ4n) is 4.85. The number of carbonyl (C=O) groups excluding carboxylic acids is 4. The lowest BCUT2D eigenvalue weighted by Crippen LogP contribution is -2.56. The van der Waals surface area contributed by atoms with Gasteiger partial charge in [0, 0.05) is 25.8 Å². The van der Waals surface area contributed by atoms with E-state index >= 15 is 0 Å². The van der Waals surface area contributed by atoms with Crippen molar-refractivity contribution in [3.8, 4) is 10.4 Å². The van der Waals surface area contributed by atoms with Gasteiger partial charge in [-0.2, -0.15) is 0 Å². The Labute approximate surface area is 246 Å². The van der Waals surface area contributed by atoms with E-state index in [9.17, 15) is 24.3 Å². The highest BCUT2D eigenvalue weighted by molar-refractivity contribution is 7.13. The second-order valence-electron chi connectivity index (χ2n) is 12.8. The highest BCUT2D eigenvalue weighted by atomic mass is 32.1. The molecule has 2 N–H and O–H groups in total. The molecule has 2 heterocycles. The van der Waals surface area contributed by atoms with E-state index < -0.39 is 47.0 Å². The van der Waals surface area contributed by atoms with Crippen molar-refractivity contribution in [2.45, 2.75) is 104 Å². The van der Waals surface area contributed by atoms with Crippen molar-refractivity contribution in [3.63, 3.8) is 0 Å². The molecule has 41 heavy (non-hydrogen) atoms. The number of carbonyl (C=O) groups is 4. The number of hydrogen-bond acceptors (Lipinski definition) is 8. The van der Waals surface area contributed by atoms with E-state index in [2.05, 4.69) is 10.3 Å². The van der Waals surface area contributed by atoms with Crippen molar-refractivity contribution in [2.24, 2.45) is 5.41 Å². The van der Waals surface area contributed by atoms with Gasteiger partial charge >= 0.3 is 5.97 Å². The summed E-state index contributed by atoms with van der Waals surface area (Å²) in [5.74, 6) is -1.49. The number of ketones is 1. The predicted octanol–water partition coefficient (Wildman–Crippen LogP) is 4.23. The van der Waals surface area contributed by atoms with E-state index in [1.54, 1.807) is 32.1 Å². The maximum Gasteiger partial charge on any atom is 0.306 e. The third-order valence-electron chi connectivity index (χ3n) is 6.95. The van der Waals surface area contributed by atoms with E-state index in [1.807, 2.05) is 57.5 Å². The summed E-state index contributed by atoms with van der Waals surface area (Å²) in [5.41, 5.74) is 3.57. The van der Waals surface area contributed by atoms with Gasteiger partial charge in [-0.1, -0.05) is 45.0 Å². The van der Waals surface area contributed by atoms with Gasteiger partial charge in [-0.15, -0.1) is 11.3 Å². The standard InChI is InChI=1S/C31H43N3O6S/c1-19-27(41-18-32-19)21-11-8-20(9-12-21)10-13-24(36)23-16-22(35)17-34(23)29(39)28(30(2,3)4)33-25(37)14-15-26(38)40-31(5,6)7/h8-9,11-12,18,22-23,28,35H,10,13-17H2,1-7H3,(H,33,37)/t22-,23+,28-/m1/s1. The van der Waals surface area contributed by atoms with Gasteiger partial charge in [-0.05, 0) is 50.7 Å². The number of hydrogen-bond donors (Lipinski definition) is 2. The van der Waals surface area contributed by atoms with Crippen molar-refractivity contribution < 1.29 is 29.0 Å². The first-order valence-corrected chi connectivity index (χ1v) is 14.9. The molecule has 0 bridgehead atoms. The maximum atomic E-state index is 13.7. The van der Waals surface area contributed by atoms with Crippen molar-refractivity contribution >= 4 is 34.9 Å². The van der Waals surface area contributed by atoms with Gasteiger partial charge in [0.1, 0.15) is 11.6 Å². The number of nitrogens with zero attached hydrogens (tertiary/aromatic N) is 2. The Balaban J connectivity index is 1.63. The van der Waals surface area contributed by atoms with Crippen LogP contribution in [-0.2, 0) is 30.3 Å². The summed E-state index contributed by atoms with van der Waals surface area (Å²) in [6, 6.07) is 6.34. The molecule has 2 aromatic rings. The average molecular weight is 586 g/mol. The van der Waals surface area contributed by atoms with E-state index in [4.69, 9.17) is 4.74 Å². The Morgan fingerprint density at radius 1 is 1.07 bits per heavy atom. The number of aromatic nitrogens is 1. The van der Waals surface area contributed by atoms with Crippen LogP contribution >= 0.6 is 11.3 Å². The molecule has 1 fully saturated rings. The number of aliphatic hydroxyl groups excluding tert-OH is 1. The first-order valence-electron chi connectivity index (χ1n) is 14.1. The highest BCUT2D eigenvalue weighted by Gasteiger charge is 2.44. The Morgan fingerprint density at radius 2 is 1.73 bits per heavy atom. The molecule has 2 amide bonds. The molecule has 0 aliphatic carbocycles. The second kappa shape index (κ2) is 13.2. The van der Waals surface area contributed by atoms with E-state index in [0.717, 1.165) is 21.7 Å². The van der Waals surface area contributed by atoms with Crippen LogP contribution in [0.2, 0.25) is 0 Å². The molecule has 1 aromatic carbocycles. The smallest absolute Gasteiger partial charge is 0.306 e. The minimum absolute atomic E-state index is 0.0263. The minimum Gasteiger partial charge on any atom is -0.460 e. The van der Waals surface area contributed by atoms with Crippen LogP contribution in [0.4, 0.5) is 0 Å². The number of amides is 2. The van der Waals surface area contributed by atoms with Crippen LogP contribution in [0.5, 0.6) is 0 Å². The van der Waals surface area contributed by atoms with Gasteiger partial charge in [-0.3, -0.25) is 19.2 Å². The van der Waals surface area contributed by atoms with Gasteiger partial charge < -0.3 is 20.1 Å². The summed E-state index contributed by atoms with van der Waals surface area (Å²) in [5, 5.41) is 13.2. The molecule has 0 spiro atoms. The van der Waals surface area contributed by atoms with Crippen LogP contribution in [0.25, 0.3) is 10.4 Å². The maximum absolute atomic E-state index is 13.7. The molecule has 1 aliphatic rings. The lowest BCUT2D eigenvalue weighted by molar-refractivity contribution is -0.155. The van der Waals surface area contributed by atoms with Gasteiger partial charge in [0.25, 0.3) is 0 Å². The molecule has 0 unspecified atom stereocenters. The molecular weight excluding hydrogens is 542 g/mol. The number of nitrogens with one attached hydrogen (secondary N) is 1. The monoisotopic (exact) mass is 585 g/mol. The summed E-state index contributed by atoms with van der Waals surface area (Å²) in [6.45, 7) is 12.7. The zero-order valence-corrected chi connectivity index (χ0v) is 26.0. The number of aliphatic hydroxyl groups is 1. The first-order chi connectivity index (χ1) is 19.0. The predicted molar refractivity (Wildman–Crippen MR) is 158 cm³/mol. The summed E-state index contributed by atoms with van der Waals surface area (Å²) < 4.78 is 5.26. The van der Waals surface area contributed by atoms with Crippen LogP contribution in [0.3, 0.4) is 0 Å². The Hall–Kier alpha value is -3.11. The number of Topliss-reactive ketones (excluding diaryl/α,β-unsaturated/α-hetero) is 1. The molecule has 3 atom stereocenters. The molecule has 1 saturated heterocycles. The molecule has 0 radical (unpaired) electrons. The highest BCUT2D eigenvalue weighted by Crippen LogP contribution is 2.29. The molecular formula is C31H43N3O6S. The lowest BCUT2D eigenvalue weighted by Gasteiger charge is -2.35. The van der Waals surface area contributed by atoms with Crippen LogP contribution < -0.4 is 5.32 Å². The van der Waals surface area contributed by atoms with Gasteiger partial charge in [0.05, 0.1) is 34.6 Å². The summed E-state index contributed by atoms with van der Waals surface area (Å²) in [4.78, 5) is 58.6. The number of likely N-dealkylation sites (tertiary alicyclic amines) is 1. The van der Waals surface area contributed by atoms with Gasteiger partial charge in [0.15, 0.2) is 5.78 Å². The topological polar surface area (TPSA) is 126 Å². The third-order valence-corrected chi connectivity index (χ3v) is 7.93. The Morgan fingerprint density at radius 3 is 2.29 bits per heavy atom. The van der Waals surface area contributed by atoms with Gasteiger partial charge in [0.2, 0.25) is 11.8 Å². The molecule has 1 aromatic heterocycles. The summed E-state index contributed by atoms with van der Waals surface area (Å²) >= 11 is 1.59. The number of aryl methyl sites for hydroxylation is 2. The van der Waals surface area contributed by atoms with Crippen LogP contribution in [-0.4, -0.2) is 68.9 Å². The fourth-order valence-corrected chi connectivity index (χ4v) is 5.67. The SMILES string of the molecule is Cc1ncsc1-c1ccc(CCC(=O)[C@@H]2C[C@@H](O)CN2C(=O)[C@@H](NC(=O)CCC(=O)OC(C)(C)C)C(C)(C)C)cc1. The van der Waals surface area contributed by atoms with Crippen molar-refractivity contribution in [3.05, 3.63) is 41.0 Å². The van der Waals surface area contributed by atoms with Crippen LogP contribution in [0.1, 0.15) is 78.5 Å². The Bertz CT molecular complexity index is 1240. The zero-order valence-electron chi connectivity index (χ0n) is 25.2. The van der Waals surface area contributed by atoms with E-state index in [0.29, 0.717) is 6.42 Å². The third kappa shape index (κ3) is 9.19. The zero-order chi connectivity index (χ0) is 30.5. The second-order valence-corrected chi connectivity index (χ2v) is 13.6. The molecule has 224 valence electrons. The summed E-state index contributed by atoms with van der Waals surface area (Å²) in [7, 11) is 0. The fraction of sp³-hybridized carbons (Fsp3) is 0.581. The average Bonchev–Trinajstić information content (AvgIpc) is 3.48. The van der Waals surface area contributed by atoms with E-state index in [-0.39, 0.29) is 38.0 Å². The molecule has 1 aliphatic heterocycles. The Kier molecular flexibility index (Phi) is 10.5. The summed E-state index contributed by atoms with van der Waals surface area (Å²) in [6.07, 6.45) is -0.151. The number of β-amino-alcohol motifs (C(OH)–C–C–N with tert-alkyl or cyclic N) is 1. The number of esters is 1. The quantitative estimate of drug-likeness (QED) is 0.400. The molecule has 9 nitrogen and oxygen atoms in total. The number of thiazole rings is 1. The lowest BCUT2D eigenvalue weighted by atomic mass is 9.85. The van der Waals surface area contributed by atoms with Crippen LogP contribution in [0, 0.1) is 12.3 Å². The van der Waals surface area contributed by atoms with Crippen LogP contribution in [0.15, 0.2) is 29.8 Å². The molecule has 10 heteroatoms. The number of rotatable bonds is 10. The molecule has 0 saturated carbocycles. The van der Waals surface area contributed by atoms with Gasteiger partial charge in [-0.25, -0.2) is 4.98 Å². The largest absolute Gasteiger partial charge is 0.460 e. The minimum atomic E-state index is -0.933. The van der Waals surface area contributed by atoms with Crippen molar-refractivity contribution in [2.75, 3.05) is 6.54 Å². The van der Waals surface area contributed by atoms with Crippen molar-refractivity contribution in [1.29, 1.82) is 0 Å². The first kappa shape index (κ1) is 32.4. The van der Waals surface area contributed by atoms with Crippen molar-refractivity contribution in [1.82, 2.24) is 15.2 Å². The number of ether oxygens (including phenoxy) is 1. The molecule has 3 rings (SSSR count). The normalized spacial score (nSPS) is 18.2. The van der Waals surface area contributed by atoms with E-state index in [1.165, 1.54) is 4.90 Å². The number of benzene rings is 1.